The highest BCUT2D eigenvalue weighted by molar-refractivity contribution is 6.30. The lowest BCUT2D eigenvalue weighted by Gasteiger charge is -2.36. The zero-order valence-electron chi connectivity index (χ0n) is 14.5. The maximum absolute atomic E-state index is 12.4. The van der Waals surface area contributed by atoms with Crippen molar-refractivity contribution < 1.29 is 9.59 Å². The largest absolute Gasteiger partial charge is 0.339 e. The molecule has 0 radical (unpaired) electrons. The fourth-order valence-electron chi connectivity index (χ4n) is 3.61. The van der Waals surface area contributed by atoms with Gasteiger partial charge in [0, 0.05) is 37.2 Å². The van der Waals surface area contributed by atoms with Crippen LogP contribution in [-0.2, 0) is 11.2 Å². The summed E-state index contributed by atoms with van der Waals surface area (Å²) in [4.78, 5) is 28.5. The highest BCUT2D eigenvalue weighted by Crippen LogP contribution is 2.18. The molecule has 1 aliphatic carbocycles. The lowest BCUT2D eigenvalue weighted by atomic mass is 9.96. The van der Waals surface area contributed by atoms with Gasteiger partial charge in [-0.25, -0.2) is 4.79 Å². The van der Waals surface area contributed by atoms with Crippen LogP contribution >= 0.6 is 11.6 Å². The normalized spacial score (nSPS) is 18.9. The third kappa shape index (κ3) is 5.11. The molecule has 2 aliphatic rings. The number of carbonyl (C=O) groups excluding carboxylic acids is 2. The van der Waals surface area contributed by atoms with E-state index in [4.69, 9.17) is 11.6 Å². The maximum Gasteiger partial charge on any atom is 0.317 e. The number of nitrogens with zero attached hydrogens (tertiary/aromatic N) is 2. The molecule has 3 rings (SSSR count). The molecule has 0 unspecified atom stereocenters. The van der Waals surface area contributed by atoms with E-state index in [0.717, 1.165) is 18.4 Å². The molecule has 2 fully saturated rings. The predicted molar refractivity (Wildman–Crippen MR) is 98.7 cm³/mol. The van der Waals surface area contributed by atoms with Gasteiger partial charge in [-0.15, -0.1) is 0 Å². The molecule has 136 valence electrons. The zero-order chi connectivity index (χ0) is 17.6. The monoisotopic (exact) mass is 363 g/mol. The minimum absolute atomic E-state index is 0.0221. The number of nitrogens with one attached hydrogen (secondary N) is 1. The summed E-state index contributed by atoms with van der Waals surface area (Å²) in [6, 6.07) is 7.75. The Hall–Kier alpha value is -1.75. The molecular weight excluding hydrogens is 338 g/mol. The second kappa shape index (κ2) is 8.56. The van der Waals surface area contributed by atoms with Gasteiger partial charge in [0.1, 0.15) is 0 Å². The first-order valence-corrected chi connectivity index (χ1v) is 9.57. The molecule has 25 heavy (non-hydrogen) atoms. The third-order valence-electron chi connectivity index (χ3n) is 5.10. The molecule has 1 aromatic carbocycles. The van der Waals surface area contributed by atoms with E-state index in [0.29, 0.717) is 43.7 Å². The Morgan fingerprint density at radius 3 is 2.40 bits per heavy atom. The van der Waals surface area contributed by atoms with Gasteiger partial charge in [-0.05, 0) is 30.5 Å². The quantitative estimate of drug-likeness (QED) is 0.897. The lowest BCUT2D eigenvalue weighted by molar-refractivity contribution is -0.131. The number of hydrogen-bond acceptors (Lipinski definition) is 2. The molecule has 1 N–H and O–H groups in total. The third-order valence-corrected chi connectivity index (χ3v) is 5.33. The Kier molecular flexibility index (Phi) is 6.19. The summed E-state index contributed by atoms with van der Waals surface area (Å²) in [5.74, 6) is 0.0922. The molecule has 1 saturated carbocycles. The van der Waals surface area contributed by atoms with Crippen molar-refractivity contribution >= 4 is 23.5 Å². The van der Waals surface area contributed by atoms with Gasteiger partial charge in [-0.3, -0.25) is 4.79 Å². The molecular formula is C19H26ClN3O2. The summed E-state index contributed by atoms with van der Waals surface area (Å²) in [6.45, 7) is 2.38. The SMILES string of the molecule is O=C(Cc1cccc(Cl)c1)N1CCN(C(=O)NC2CCCCC2)CC1. The van der Waals surface area contributed by atoms with Gasteiger partial charge in [0.15, 0.2) is 0 Å². The van der Waals surface area contributed by atoms with E-state index < -0.39 is 0 Å². The molecule has 1 heterocycles. The molecule has 3 amide bonds. The van der Waals surface area contributed by atoms with Crippen molar-refractivity contribution in [2.75, 3.05) is 26.2 Å². The lowest BCUT2D eigenvalue weighted by Crippen LogP contribution is -2.54. The minimum atomic E-state index is 0.0221. The molecule has 5 nitrogen and oxygen atoms in total. The molecule has 1 aromatic rings. The van der Waals surface area contributed by atoms with Gasteiger partial charge >= 0.3 is 6.03 Å². The van der Waals surface area contributed by atoms with Crippen LogP contribution in [0.1, 0.15) is 37.7 Å². The molecule has 0 aromatic heterocycles. The highest BCUT2D eigenvalue weighted by Gasteiger charge is 2.25. The van der Waals surface area contributed by atoms with Crippen molar-refractivity contribution in [3.8, 4) is 0 Å². The number of amides is 3. The van der Waals surface area contributed by atoms with E-state index in [1.807, 2.05) is 28.0 Å². The van der Waals surface area contributed by atoms with E-state index in [-0.39, 0.29) is 11.9 Å². The van der Waals surface area contributed by atoms with Crippen molar-refractivity contribution in [3.05, 3.63) is 34.9 Å². The van der Waals surface area contributed by atoms with E-state index in [2.05, 4.69) is 5.32 Å². The molecule has 0 bridgehead atoms. The average Bonchev–Trinajstić information content (AvgIpc) is 2.62. The van der Waals surface area contributed by atoms with Crippen LogP contribution in [0.3, 0.4) is 0 Å². The fraction of sp³-hybridized carbons (Fsp3) is 0.579. The number of halogens is 1. The van der Waals surface area contributed by atoms with Gasteiger partial charge < -0.3 is 15.1 Å². The van der Waals surface area contributed by atoms with Crippen molar-refractivity contribution in [2.45, 2.75) is 44.6 Å². The maximum atomic E-state index is 12.4. The Labute approximate surface area is 154 Å². The summed E-state index contributed by atoms with van der Waals surface area (Å²) < 4.78 is 0. The summed E-state index contributed by atoms with van der Waals surface area (Å²) in [6.07, 6.45) is 6.22. The predicted octanol–water partition coefficient (Wildman–Crippen LogP) is 3.07. The number of piperazine rings is 1. The van der Waals surface area contributed by atoms with Crippen LogP contribution in [0.15, 0.2) is 24.3 Å². The first kappa shape index (κ1) is 18.1. The fourth-order valence-corrected chi connectivity index (χ4v) is 3.82. The number of carbonyl (C=O) groups is 2. The number of benzene rings is 1. The molecule has 0 atom stereocenters. The second-order valence-electron chi connectivity index (χ2n) is 6.96. The van der Waals surface area contributed by atoms with Crippen molar-refractivity contribution in [3.63, 3.8) is 0 Å². The molecule has 1 aliphatic heterocycles. The second-order valence-corrected chi connectivity index (χ2v) is 7.40. The van der Waals surface area contributed by atoms with Crippen molar-refractivity contribution in [1.29, 1.82) is 0 Å². The highest BCUT2D eigenvalue weighted by atomic mass is 35.5. The van der Waals surface area contributed by atoms with Crippen LogP contribution in [-0.4, -0.2) is 54.0 Å². The number of urea groups is 1. The van der Waals surface area contributed by atoms with Gasteiger partial charge in [0.25, 0.3) is 0 Å². The Morgan fingerprint density at radius 2 is 1.72 bits per heavy atom. The Bertz CT molecular complexity index is 608. The summed E-state index contributed by atoms with van der Waals surface area (Å²) >= 11 is 5.97. The van der Waals surface area contributed by atoms with Crippen LogP contribution < -0.4 is 5.32 Å². The van der Waals surface area contributed by atoms with Crippen molar-refractivity contribution in [2.24, 2.45) is 0 Å². The van der Waals surface area contributed by atoms with Crippen LogP contribution in [0.5, 0.6) is 0 Å². The Morgan fingerprint density at radius 1 is 1.04 bits per heavy atom. The van der Waals surface area contributed by atoms with Gasteiger partial charge in [0.05, 0.1) is 6.42 Å². The smallest absolute Gasteiger partial charge is 0.317 e. The molecule has 0 spiro atoms. The van der Waals surface area contributed by atoms with E-state index in [1.165, 1.54) is 19.3 Å². The van der Waals surface area contributed by atoms with Gasteiger partial charge in [-0.2, -0.15) is 0 Å². The standard InChI is InChI=1S/C19H26ClN3O2/c20-16-6-4-5-15(13-16)14-18(24)22-9-11-23(12-10-22)19(25)21-17-7-2-1-3-8-17/h4-6,13,17H,1-3,7-12,14H2,(H,21,25). The summed E-state index contributed by atoms with van der Waals surface area (Å²) in [5.41, 5.74) is 0.926. The van der Waals surface area contributed by atoms with Crippen molar-refractivity contribution in [1.82, 2.24) is 15.1 Å². The van der Waals surface area contributed by atoms with E-state index >= 15 is 0 Å². The number of hydrogen-bond donors (Lipinski definition) is 1. The number of rotatable bonds is 3. The topological polar surface area (TPSA) is 52.7 Å². The van der Waals surface area contributed by atoms with Gasteiger partial charge in [0.2, 0.25) is 5.91 Å². The Balaban J connectivity index is 1.44. The van der Waals surface area contributed by atoms with Crippen LogP contribution in [0.4, 0.5) is 4.79 Å². The first-order valence-electron chi connectivity index (χ1n) is 9.19. The minimum Gasteiger partial charge on any atom is -0.339 e. The molecule has 6 heteroatoms. The van der Waals surface area contributed by atoms with Crippen LogP contribution in [0.25, 0.3) is 0 Å². The zero-order valence-corrected chi connectivity index (χ0v) is 15.3. The van der Waals surface area contributed by atoms with E-state index in [9.17, 15) is 9.59 Å². The van der Waals surface area contributed by atoms with E-state index in [1.54, 1.807) is 6.07 Å². The van der Waals surface area contributed by atoms with Crippen LogP contribution in [0, 0.1) is 0 Å². The summed E-state index contributed by atoms with van der Waals surface area (Å²) in [5, 5.41) is 3.80. The summed E-state index contributed by atoms with van der Waals surface area (Å²) in [7, 11) is 0. The van der Waals surface area contributed by atoms with Gasteiger partial charge in [-0.1, -0.05) is 43.0 Å². The average molecular weight is 364 g/mol. The first-order chi connectivity index (χ1) is 12.1. The molecule has 1 saturated heterocycles. The van der Waals surface area contributed by atoms with Crippen LogP contribution in [0.2, 0.25) is 5.02 Å².